The lowest BCUT2D eigenvalue weighted by molar-refractivity contribution is -0.121. The predicted octanol–water partition coefficient (Wildman–Crippen LogP) is 3.67. The molecule has 0 spiro atoms. The highest BCUT2D eigenvalue weighted by Crippen LogP contribution is 2.31. The summed E-state index contributed by atoms with van der Waals surface area (Å²) in [7, 11) is 0. The summed E-state index contributed by atoms with van der Waals surface area (Å²) in [5, 5.41) is 3.22. The van der Waals surface area contributed by atoms with Gasteiger partial charge in [-0.15, -0.1) is 0 Å². The van der Waals surface area contributed by atoms with Gasteiger partial charge in [0.25, 0.3) is 5.91 Å². The first-order valence-corrected chi connectivity index (χ1v) is 7.60. The average molecular weight is 351 g/mol. The maximum absolute atomic E-state index is 13.3. The van der Waals surface area contributed by atoms with Gasteiger partial charge < -0.3 is 5.32 Å². The van der Waals surface area contributed by atoms with Crippen molar-refractivity contribution in [2.24, 2.45) is 0 Å². The number of imide groups is 1. The van der Waals surface area contributed by atoms with Gasteiger partial charge in [0.2, 0.25) is 5.91 Å². The molecule has 1 aliphatic rings. The first kappa shape index (κ1) is 16.4. The van der Waals surface area contributed by atoms with Gasteiger partial charge in [0.15, 0.2) is 11.6 Å². The summed E-state index contributed by atoms with van der Waals surface area (Å²) in [6, 6.07) is 7.32. The number of nitrogens with zero attached hydrogens (tertiary/aromatic N) is 1. The van der Waals surface area contributed by atoms with Crippen molar-refractivity contribution in [3.63, 3.8) is 0 Å². The van der Waals surface area contributed by atoms with Crippen molar-refractivity contribution >= 4 is 34.8 Å². The van der Waals surface area contributed by atoms with Crippen molar-refractivity contribution in [2.75, 3.05) is 10.2 Å². The Morgan fingerprint density at radius 1 is 1.17 bits per heavy atom. The van der Waals surface area contributed by atoms with E-state index in [1.165, 1.54) is 6.07 Å². The van der Waals surface area contributed by atoms with Crippen molar-refractivity contribution in [3.8, 4) is 0 Å². The average Bonchev–Trinajstić information content (AvgIpc) is 2.80. The lowest BCUT2D eigenvalue weighted by atomic mass is 10.2. The van der Waals surface area contributed by atoms with E-state index in [-0.39, 0.29) is 18.0 Å². The summed E-state index contributed by atoms with van der Waals surface area (Å²) in [6.07, 6.45) is -0.0796. The van der Waals surface area contributed by atoms with Crippen molar-refractivity contribution in [1.29, 1.82) is 0 Å². The van der Waals surface area contributed by atoms with Crippen LogP contribution in [0.2, 0.25) is 5.02 Å². The number of benzene rings is 2. The monoisotopic (exact) mass is 350 g/mol. The molecule has 0 unspecified atom stereocenters. The number of amides is 2. The first-order valence-electron chi connectivity index (χ1n) is 7.22. The minimum atomic E-state index is -1.03. The molecule has 4 nitrogen and oxygen atoms in total. The van der Waals surface area contributed by atoms with Crippen molar-refractivity contribution in [1.82, 2.24) is 0 Å². The molecule has 0 bridgehead atoms. The minimum absolute atomic E-state index is 0.0796. The van der Waals surface area contributed by atoms with Crippen LogP contribution in [0.5, 0.6) is 0 Å². The zero-order chi connectivity index (χ0) is 17.4. The Kier molecular flexibility index (Phi) is 4.24. The number of carbonyl (C=O) groups is 2. The van der Waals surface area contributed by atoms with E-state index in [4.69, 9.17) is 11.6 Å². The van der Waals surface area contributed by atoms with E-state index in [0.717, 1.165) is 17.0 Å². The van der Waals surface area contributed by atoms with Gasteiger partial charge in [-0.1, -0.05) is 17.7 Å². The van der Waals surface area contributed by atoms with Gasteiger partial charge >= 0.3 is 0 Å². The first-order chi connectivity index (χ1) is 11.4. The number of rotatable bonds is 3. The van der Waals surface area contributed by atoms with Gasteiger partial charge in [0.05, 0.1) is 12.1 Å². The van der Waals surface area contributed by atoms with E-state index in [1.807, 2.05) is 0 Å². The molecule has 1 saturated heterocycles. The van der Waals surface area contributed by atoms with Gasteiger partial charge in [-0.25, -0.2) is 13.7 Å². The third-order valence-corrected chi connectivity index (χ3v) is 4.30. The molecule has 2 aromatic carbocycles. The van der Waals surface area contributed by atoms with E-state index in [0.29, 0.717) is 16.3 Å². The fourth-order valence-electron chi connectivity index (χ4n) is 2.62. The number of hydrogen-bond donors (Lipinski definition) is 1. The number of halogens is 3. The van der Waals surface area contributed by atoms with Crippen molar-refractivity contribution < 1.29 is 18.4 Å². The fourth-order valence-corrected chi connectivity index (χ4v) is 2.79. The van der Waals surface area contributed by atoms with Crippen LogP contribution < -0.4 is 10.2 Å². The van der Waals surface area contributed by atoms with Gasteiger partial charge in [-0.2, -0.15) is 0 Å². The fraction of sp³-hybridized carbons (Fsp3) is 0.176. The molecule has 1 aliphatic heterocycles. The smallest absolute Gasteiger partial charge is 0.256 e. The Morgan fingerprint density at radius 3 is 2.62 bits per heavy atom. The zero-order valence-electron chi connectivity index (χ0n) is 12.6. The third-order valence-electron chi connectivity index (χ3n) is 3.89. The molecule has 24 heavy (non-hydrogen) atoms. The molecule has 0 radical (unpaired) electrons. The molecule has 0 aromatic heterocycles. The summed E-state index contributed by atoms with van der Waals surface area (Å²) in [4.78, 5) is 25.9. The second kappa shape index (κ2) is 6.20. The normalized spacial score (nSPS) is 17.5. The highest BCUT2D eigenvalue weighted by Gasteiger charge is 2.40. The number of carbonyl (C=O) groups excluding carboxylic acids is 2. The summed E-state index contributed by atoms with van der Waals surface area (Å²) in [5.74, 6) is -2.86. The van der Waals surface area contributed by atoms with Gasteiger partial charge in [0.1, 0.15) is 6.04 Å². The van der Waals surface area contributed by atoms with Crippen molar-refractivity contribution in [2.45, 2.75) is 19.4 Å². The molecule has 1 N–H and O–H groups in total. The molecule has 1 heterocycles. The SMILES string of the molecule is Cc1c(Cl)cccc1N1C(=O)C[C@@H](Nc2ccc(F)c(F)c2)C1=O. The number of anilines is 2. The number of nitrogens with one attached hydrogen (secondary N) is 1. The number of hydrogen-bond acceptors (Lipinski definition) is 3. The lowest BCUT2D eigenvalue weighted by Gasteiger charge is -2.18. The predicted molar refractivity (Wildman–Crippen MR) is 87.1 cm³/mol. The van der Waals surface area contributed by atoms with Gasteiger partial charge in [-0.05, 0) is 36.8 Å². The van der Waals surface area contributed by atoms with Crippen LogP contribution in [0.1, 0.15) is 12.0 Å². The van der Waals surface area contributed by atoms with E-state index in [2.05, 4.69) is 5.32 Å². The van der Waals surface area contributed by atoms with Crippen LogP contribution in [0.3, 0.4) is 0 Å². The van der Waals surface area contributed by atoms with Crippen LogP contribution >= 0.6 is 11.6 Å². The zero-order valence-corrected chi connectivity index (χ0v) is 13.4. The molecule has 0 saturated carbocycles. The van der Waals surface area contributed by atoms with Crippen LogP contribution in [0, 0.1) is 18.6 Å². The maximum atomic E-state index is 13.3. The van der Waals surface area contributed by atoms with E-state index in [9.17, 15) is 18.4 Å². The van der Waals surface area contributed by atoms with Crippen LogP contribution in [0.25, 0.3) is 0 Å². The second-order valence-electron chi connectivity index (χ2n) is 5.48. The van der Waals surface area contributed by atoms with E-state index >= 15 is 0 Å². The third kappa shape index (κ3) is 2.85. The Morgan fingerprint density at radius 2 is 1.92 bits per heavy atom. The Labute approximate surface area is 142 Å². The van der Waals surface area contributed by atoms with Gasteiger partial charge in [-0.3, -0.25) is 9.59 Å². The molecule has 1 fully saturated rings. The summed E-state index contributed by atoms with van der Waals surface area (Å²) in [5.41, 5.74) is 1.27. The molecule has 1 atom stereocenters. The lowest BCUT2D eigenvalue weighted by Crippen LogP contribution is -2.35. The molecular weight excluding hydrogens is 338 g/mol. The molecule has 0 aliphatic carbocycles. The topological polar surface area (TPSA) is 49.4 Å². The Balaban J connectivity index is 1.86. The van der Waals surface area contributed by atoms with Gasteiger partial charge in [0, 0.05) is 16.8 Å². The maximum Gasteiger partial charge on any atom is 0.256 e. The standard InChI is InChI=1S/C17H13ClF2N2O2/c1-9-11(18)3-2-4-15(9)22-16(23)8-14(17(22)24)21-10-5-6-12(19)13(20)7-10/h2-7,14,21H,8H2,1H3/t14-/m1/s1. The molecule has 2 amide bonds. The molecular formula is C17H13ClF2N2O2. The largest absolute Gasteiger partial charge is 0.373 e. The Hall–Kier alpha value is -2.47. The molecule has 3 rings (SSSR count). The Bertz CT molecular complexity index is 841. The second-order valence-corrected chi connectivity index (χ2v) is 5.89. The molecule has 7 heteroatoms. The quantitative estimate of drug-likeness (QED) is 0.859. The van der Waals surface area contributed by atoms with Crippen LogP contribution in [0.4, 0.5) is 20.2 Å². The van der Waals surface area contributed by atoms with Crippen LogP contribution in [-0.2, 0) is 9.59 Å². The summed E-state index contributed by atoms with van der Waals surface area (Å²) >= 11 is 6.04. The van der Waals surface area contributed by atoms with Crippen molar-refractivity contribution in [3.05, 3.63) is 58.6 Å². The van der Waals surface area contributed by atoms with E-state index < -0.39 is 23.6 Å². The minimum Gasteiger partial charge on any atom is -0.373 e. The van der Waals surface area contributed by atoms with E-state index in [1.54, 1.807) is 25.1 Å². The molecule has 2 aromatic rings. The summed E-state index contributed by atoms with van der Waals surface area (Å²) in [6.45, 7) is 1.72. The van der Waals surface area contributed by atoms with Crippen LogP contribution in [-0.4, -0.2) is 17.9 Å². The highest BCUT2D eigenvalue weighted by atomic mass is 35.5. The highest BCUT2D eigenvalue weighted by molar-refractivity contribution is 6.32. The van der Waals surface area contributed by atoms with Crippen LogP contribution in [0.15, 0.2) is 36.4 Å². The molecule has 124 valence electrons. The summed E-state index contributed by atoms with van der Waals surface area (Å²) < 4.78 is 26.2.